The van der Waals surface area contributed by atoms with Crippen molar-refractivity contribution in [3.05, 3.63) is 0 Å². The molecule has 0 aromatic heterocycles. The summed E-state index contributed by atoms with van der Waals surface area (Å²) in [6, 6.07) is 0.929. The highest BCUT2D eigenvalue weighted by atomic mass is 15.0. The summed E-state index contributed by atoms with van der Waals surface area (Å²) in [7, 11) is 0. The van der Waals surface area contributed by atoms with Crippen LogP contribution in [0.4, 0.5) is 0 Å². The van der Waals surface area contributed by atoms with E-state index in [4.69, 9.17) is 0 Å². The second kappa shape index (κ2) is 1.47. The van der Waals surface area contributed by atoms with Gasteiger partial charge in [-0.3, -0.25) is 0 Å². The Balaban J connectivity index is 1.99. The molecule has 1 N–H and O–H groups in total. The predicted octanol–water partition coefficient (Wildman–Crippen LogP) is 1.00. The van der Waals surface area contributed by atoms with E-state index >= 15 is 0 Å². The molecule has 0 amide bonds. The van der Waals surface area contributed by atoms with Crippen LogP contribution in [0.1, 0.15) is 19.8 Å². The van der Waals surface area contributed by atoms with E-state index in [1.807, 2.05) is 0 Å². The summed E-state index contributed by atoms with van der Waals surface area (Å²) in [4.78, 5) is 0. The van der Waals surface area contributed by atoms with Crippen LogP contribution in [0.3, 0.4) is 0 Å². The van der Waals surface area contributed by atoms with Gasteiger partial charge in [0.05, 0.1) is 0 Å². The molecule has 3 atom stereocenters. The van der Waals surface area contributed by atoms with E-state index in [9.17, 15) is 0 Å². The Hall–Kier alpha value is -0.0400. The van der Waals surface area contributed by atoms with Crippen molar-refractivity contribution in [3.63, 3.8) is 0 Å². The standard InChI is InChI=1S/C7H13N/c1-5-2-3-8-7-4-6(5)7/h5-8H,2-4H2,1H3/t5-,6?,7?/m1/s1. The molecule has 0 aromatic carbocycles. The topological polar surface area (TPSA) is 12.0 Å². The number of hydrogen-bond acceptors (Lipinski definition) is 1. The van der Waals surface area contributed by atoms with E-state index in [1.165, 1.54) is 19.4 Å². The molecule has 0 radical (unpaired) electrons. The molecule has 1 heteroatoms. The maximum Gasteiger partial charge on any atom is 0.0102 e. The van der Waals surface area contributed by atoms with Crippen molar-refractivity contribution in [2.75, 3.05) is 6.54 Å². The molecule has 46 valence electrons. The Morgan fingerprint density at radius 3 is 3.00 bits per heavy atom. The van der Waals surface area contributed by atoms with Crippen LogP contribution in [-0.4, -0.2) is 12.6 Å². The Morgan fingerprint density at radius 1 is 1.50 bits per heavy atom. The van der Waals surface area contributed by atoms with E-state index in [0.717, 1.165) is 17.9 Å². The van der Waals surface area contributed by atoms with E-state index in [1.54, 1.807) is 0 Å². The Labute approximate surface area is 50.5 Å². The van der Waals surface area contributed by atoms with Crippen molar-refractivity contribution >= 4 is 0 Å². The molecule has 2 fully saturated rings. The van der Waals surface area contributed by atoms with Crippen LogP contribution in [0.25, 0.3) is 0 Å². The summed E-state index contributed by atoms with van der Waals surface area (Å²) >= 11 is 0. The molecule has 1 aliphatic carbocycles. The minimum Gasteiger partial charge on any atom is -0.314 e. The number of piperidine rings is 1. The molecule has 8 heavy (non-hydrogen) atoms. The first-order valence-corrected chi connectivity index (χ1v) is 3.61. The second-order valence-electron chi connectivity index (χ2n) is 3.23. The molecule has 1 nitrogen and oxygen atoms in total. The van der Waals surface area contributed by atoms with Gasteiger partial charge in [-0.1, -0.05) is 6.92 Å². The average Bonchev–Trinajstić information content (AvgIpc) is 2.45. The first kappa shape index (κ1) is 4.80. The molecule has 2 aliphatic rings. The zero-order valence-electron chi connectivity index (χ0n) is 5.35. The molecule has 1 saturated carbocycles. The van der Waals surface area contributed by atoms with Crippen LogP contribution < -0.4 is 5.32 Å². The van der Waals surface area contributed by atoms with E-state index < -0.39 is 0 Å². The summed E-state index contributed by atoms with van der Waals surface area (Å²) in [5.74, 6) is 2.07. The molecule has 1 heterocycles. The average molecular weight is 111 g/mol. The summed E-state index contributed by atoms with van der Waals surface area (Å²) in [5, 5.41) is 3.49. The molecule has 0 spiro atoms. The molecule has 0 bridgehead atoms. The fraction of sp³-hybridized carbons (Fsp3) is 1.00. The molecule has 2 unspecified atom stereocenters. The van der Waals surface area contributed by atoms with Crippen molar-refractivity contribution in [2.24, 2.45) is 11.8 Å². The normalized spacial score (nSPS) is 52.9. The SMILES string of the molecule is C[C@@H]1CCNC2CC21. The van der Waals surface area contributed by atoms with Crippen molar-refractivity contribution in [1.29, 1.82) is 0 Å². The van der Waals surface area contributed by atoms with Gasteiger partial charge in [0.2, 0.25) is 0 Å². The Bertz CT molecular complexity index is 101. The van der Waals surface area contributed by atoms with Crippen molar-refractivity contribution in [2.45, 2.75) is 25.8 Å². The molecule has 1 saturated heterocycles. The minimum atomic E-state index is 0.929. The van der Waals surface area contributed by atoms with Gasteiger partial charge in [0.25, 0.3) is 0 Å². The number of hydrogen-bond donors (Lipinski definition) is 1. The van der Waals surface area contributed by atoms with Crippen LogP contribution in [0, 0.1) is 11.8 Å². The van der Waals surface area contributed by atoms with Crippen LogP contribution in [0.15, 0.2) is 0 Å². The van der Waals surface area contributed by atoms with Crippen LogP contribution in [0.2, 0.25) is 0 Å². The fourth-order valence-electron chi connectivity index (χ4n) is 1.79. The second-order valence-corrected chi connectivity index (χ2v) is 3.23. The third kappa shape index (κ3) is 0.576. The highest BCUT2D eigenvalue weighted by Gasteiger charge is 2.42. The quantitative estimate of drug-likeness (QED) is 0.492. The third-order valence-corrected chi connectivity index (χ3v) is 2.58. The van der Waals surface area contributed by atoms with Gasteiger partial charge < -0.3 is 5.32 Å². The smallest absolute Gasteiger partial charge is 0.0102 e. The molecular weight excluding hydrogens is 98.1 g/mol. The monoisotopic (exact) mass is 111 g/mol. The van der Waals surface area contributed by atoms with Crippen molar-refractivity contribution in [3.8, 4) is 0 Å². The summed E-state index contributed by atoms with van der Waals surface area (Å²) in [6.07, 6.45) is 2.86. The first-order chi connectivity index (χ1) is 3.88. The van der Waals surface area contributed by atoms with Gasteiger partial charge in [-0.25, -0.2) is 0 Å². The number of nitrogens with one attached hydrogen (secondary N) is 1. The van der Waals surface area contributed by atoms with Gasteiger partial charge in [-0.05, 0) is 31.2 Å². The fourth-order valence-corrected chi connectivity index (χ4v) is 1.79. The van der Waals surface area contributed by atoms with Gasteiger partial charge in [-0.2, -0.15) is 0 Å². The maximum atomic E-state index is 3.49. The summed E-state index contributed by atoms with van der Waals surface area (Å²) in [6.45, 7) is 3.65. The third-order valence-electron chi connectivity index (χ3n) is 2.58. The van der Waals surface area contributed by atoms with Crippen LogP contribution in [0.5, 0.6) is 0 Å². The predicted molar refractivity (Wildman–Crippen MR) is 33.7 cm³/mol. The van der Waals surface area contributed by atoms with Crippen molar-refractivity contribution in [1.82, 2.24) is 5.32 Å². The summed E-state index contributed by atoms with van der Waals surface area (Å²) < 4.78 is 0. The zero-order chi connectivity index (χ0) is 5.56. The highest BCUT2D eigenvalue weighted by molar-refractivity contribution is 4.98. The largest absolute Gasteiger partial charge is 0.314 e. The first-order valence-electron chi connectivity index (χ1n) is 3.61. The van der Waals surface area contributed by atoms with Crippen LogP contribution >= 0.6 is 0 Å². The Morgan fingerprint density at radius 2 is 2.38 bits per heavy atom. The van der Waals surface area contributed by atoms with Gasteiger partial charge >= 0.3 is 0 Å². The number of rotatable bonds is 0. The van der Waals surface area contributed by atoms with E-state index in [2.05, 4.69) is 12.2 Å². The Kier molecular flexibility index (Phi) is 0.884. The van der Waals surface area contributed by atoms with Gasteiger partial charge in [-0.15, -0.1) is 0 Å². The highest BCUT2D eigenvalue weighted by Crippen LogP contribution is 2.41. The van der Waals surface area contributed by atoms with E-state index in [0.29, 0.717) is 0 Å². The lowest BCUT2D eigenvalue weighted by Gasteiger charge is -2.16. The maximum absolute atomic E-state index is 3.49. The van der Waals surface area contributed by atoms with Gasteiger partial charge in [0.15, 0.2) is 0 Å². The van der Waals surface area contributed by atoms with Crippen molar-refractivity contribution < 1.29 is 0 Å². The zero-order valence-corrected chi connectivity index (χ0v) is 5.35. The molecular formula is C7H13N. The van der Waals surface area contributed by atoms with E-state index in [-0.39, 0.29) is 0 Å². The van der Waals surface area contributed by atoms with Crippen LogP contribution in [-0.2, 0) is 0 Å². The number of fused-ring (bicyclic) bond motifs is 1. The lowest BCUT2D eigenvalue weighted by Crippen LogP contribution is -2.28. The summed E-state index contributed by atoms with van der Waals surface area (Å²) in [5.41, 5.74) is 0. The van der Waals surface area contributed by atoms with Gasteiger partial charge in [0.1, 0.15) is 0 Å². The van der Waals surface area contributed by atoms with Gasteiger partial charge in [0, 0.05) is 6.04 Å². The minimum absolute atomic E-state index is 0.929. The molecule has 0 aromatic rings. The molecule has 1 aliphatic heterocycles. The molecule has 2 rings (SSSR count). The lowest BCUT2D eigenvalue weighted by atomic mass is 10.00. The lowest BCUT2D eigenvalue weighted by molar-refractivity contribution is 0.383.